The summed E-state index contributed by atoms with van der Waals surface area (Å²) >= 11 is 0. The molecule has 6 heteroatoms. The van der Waals surface area contributed by atoms with E-state index in [0.717, 1.165) is 24.7 Å². The quantitative estimate of drug-likeness (QED) is 0.825. The first kappa shape index (κ1) is 12.7. The van der Waals surface area contributed by atoms with Crippen molar-refractivity contribution in [2.45, 2.75) is 6.92 Å². The monoisotopic (exact) mass is 272 g/mol. The number of anilines is 1. The Hall–Kier alpha value is -2.37. The third-order valence-electron chi connectivity index (χ3n) is 3.38. The van der Waals surface area contributed by atoms with Crippen molar-refractivity contribution in [3.63, 3.8) is 0 Å². The summed E-state index contributed by atoms with van der Waals surface area (Å²) in [5.74, 6) is 2.03. The highest BCUT2D eigenvalue weighted by atomic mass is 16.3. The highest BCUT2D eigenvalue weighted by molar-refractivity contribution is 5.91. The molecule has 3 heterocycles. The van der Waals surface area contributed by atoms with Crippen LogP contribution in [0.15, 0.2) is 35.1 Å². The van der Waals surface area contributed by atoms with E-state index in [9.17, 15) is 4.79 Å². The number of hydrogen-bond acceptors (Lipinski definition) is 5. The first-order valence-electron chi connectivity index (χ1n) is 6.61. The molecule has 104 valence electrons. The van der Waals surface area contributed by atoms with Gasteiger partial charge in [-0.1, -0.05) is 0 Å². The van der Waals surface area contributed by atoms with E-state index < -0.39 is 0 Å². The third-order valence-corrected chi connectivity index (χ3v) is 3.38. The Balaban J connectivity index is 1.64. The molecule has 3 rings (SSSR count). The molecule has 1 aliphatic rings. The second-order valence-corrected chi connectivity index (χ2v) is 4.72. The fraction of sp³-hybridized carbons (Fsp3) is 0.357. The number of aryl methyl sites for hydroxylation is 1. The molecular formula is C14H16N4O2. The molecule has 0 radical (unpaired) electrons. The molecule has 1 amide bonds. The number of carbonyl (C=O) groups excluding carboxylic acids is 1. The van der Waals surface area contributed by atoms with Crippen LogP contribution in [0.1, 0.15) is 16.4 Å². The number of furan rings is 1. The molecule has 0 saturated carbocycles. The lowest BCUT2D eigenvalue weighted by Gasteiger charge is -2.35. The van der Waals surface area contributed by atoms with Crippen molar-refractivity contribution in [1.82, 2.24) is 14.9 Å². The van der Waals surface area contributed by atoms with Crippen LogP contribution >= 0.6 is 0 Å². The van der Waals surface area contributed by atoms with E-state index in [1.165, 1.54) is 6.26 Å². The molecule has 0 atom stereocenters. The summed E-state index contributed by atoms with van der Waals surface area (Å²) < 4.78 is 5.15. The van der Waals surface area contributed by atoms with Crippen LogP contribution in [0.5, 0.6) is 0 Å². The lowest BCUT2D eigenvalue weighted by Crippen LogP contribution is -2.49. The van der Waals surface area contributed by atoms with Crippen LogP contribution in [0.4, 0.5) is 5.82 Å². The molecule has 0 unspecified atom stereocenters. The third kappa shape index (κ3) is 2.49. The molecule has 1 saturated heterocycles. The summed E-state index contributed by atoms with van der Waals surface area (Å²) in [5.41, 5.74) is 0. The van der Waals surface area contributed by atoms with Gasteiger partial charge < -0.3 is 14.2 Å². The maximum absolute atomic E-state index is 12.1. The van der Waals surface area contributed by atoms with Gasteiger partial charge in [-0.3, -0.25) is 4.79 Å². The van der Waals surface area contributed by atoms with Gasteiger partial charge >= 0.3 is 0 Å². The van der Waals surface area contributed by atoms with Crippen LogP contribution in [-0.2, 0) is 0 Å². The van der Waals surface area contributed by atoms with E-state index in [1.807, 2.05) is 17.9 Å². The van der Waals surface area contributed by atoms with Crippen molar-refractivity contribution in [2.24, 2.45) is 0 Å². The molecule has 0 aromatic carbocycles. The van der Waals surface area contributed by atoms with Gasteiger partial charge in [-0.15, -0.1) is 0 Å². The maximum Gasteiger partial charge on any atom is 0.289 e. The summed E-state index contributed by atoms with van der Waals surface area (Å²) in [6.07, 6.45) is 3.28. The van der Waals surface area contributed by atoms with Crippen molar-refractivity contribution >= 4 is 11.7 Å². The van der Waals surface area contributed by atoms with E-state index in [4.69, 9.17) is 4.42 Å². The molecular weight excluding hydrogens is 256 g/mol. The fourth-order valence-corrected chi connectivity index (χ4v) is 2.31. The van der Waals surface area contributed by atoms with E-state index >= 15 is 0 Å². The summed E-state index contributed by atoms with van der Waals surface area (Å²) in [6.45, 7) is 4.75. The van der Waals surface area contributed by atoms with Crippen LogP contribution in [0.3, 0.4) is 0 Å². The van der Waals surface area contributed by atoms with Gasteiger partial charge in [0.1, 0.15) is 11.6 Å². The van der Waals surface area contributed by atoms with Gasteiger partial charge in [-0.2, -0.15) is 0 Å². The highest BCUT2D eigenvalue weighted by Gasteiger charge is 2.24. The van der Waals surface area contributed by atoms with Crippen LogP contribution in [0, 0.1) is 6.92 Å². The standard InChI is InChI=1S/C14H16N4O2/c1-11-15-5-4-13(16-11)17-6-8-18(9-7-17)14(19)12-3-2-10-20-12/h2-5,10H,6-9H2,1H3. The first-order valence-corrected chi connectivity index (χ1v) is 6.61. The van der Waals surface area contributed by atoms with Crippen LogP contribution in [-0.4, -0.2) is 47.0 Å². The average Bonchev–Trinajstić information content (AvgIpc) is 3.01. The lowest BCUT2D eigenvalue weighted by molar-refractivity contribution is 0.0714. The first-order chi connectivity index (χ1) is 9.74. The zero-order valence-electron chi connectivity index (χ0n) is 11.3. The zero-order chi connectivity index (χ0) is 13.9. The zero-order valence-corrected chi connectivity index (χ0v) is 11.3. The Kier molecular flexibility index (Phi) is 3.37. The topological polar surface area (TPSA) is 62.5 Å². The number of aromatic nitrogens is 2. The Bertz CT molecular complexity index is 589. The van der Waals surface area contributed by atoms with E-state index in [-0.39, 0.29) is 5.91 Å². The number of hydrogen-bond donors (Lipinski definition) is 0. The number of piperazine rings is 1. The molecule has 0 spiro atoms. The van der Waals surface area contributed by atoms with Crippen molar-refractivity contribution in [2.75, 3.05) is 31.1 Å². The summed E-state index contributed by atoms with van der Waals surface area (Å²) in [5, 5.41) is 0. The molecule has 1 fully saturated rings. The van der Waals surface area contributed by atoms with Gasteiger partial charge in [0, 0.05) is 32.4 Å². The minimum Gasteiger partial charge on any atom is -0.459 e. The highest BCUT2D eigenvalue weighted by Crippen LogP contribution is 2.14. The van der Waals surface area contributed by atoms with Gasteiger partial charge in [0.2, 0.25) is 0 Å². The molecule has 2 aromatic rings. The van der Waals surface area contributed by atoms with Gasteiger partial charge in [0.05, 0.1) is 6.26 Å². The molecule has 2 aromatic heterocycles. The van der Waals surface area contributed by atoms with Crippen LogP contribution in [0.25, 0.3) is 0 Å². The summed E-state index contributed by atoms with van der Waals surface area (Å²) in [6, 6.07) is 5.33. The largest absolute Gasteiger partial charge is 0.459 e. The van der Waals surface area contributed by atoms with Gasteiger partial charge in [0.15, 0.2) is 5.76 Å². The van der Waals surface area contributed by atoms with Crippen LogP contribution in [0.2, 0.25) is 0 Å². The smallest absolute Gasteiger partial charge is 0.289 e. The second-order valence-electron chi connectivity index (χ2n) is 4.72. The van der Waals surface area contributed by atoms with Gasteiger partial charge in [-0.05, 0) is 25.1 Å². The minimum atomic E-state index is -0.0477. The lowest BCUT2D eigenvalue weighted by atomic mass is 10.3. The van der Waals surface area contributed by atoms with Crippen LogP contribution < -0.4 is 4.90 Å². The van der Waals surface area contributed by atoms with E-state index in [2.05, 4.69) is 14.9 Å². The Morgan fingerprint density at radius 3 is 2.70 bits per heavy atom. The maximum atomic E-state index is 12.1. The normalized spacial score (nSPS) is 15.4. The van der Waals surface area contributed by atoms with Crippen molar-refractivity contribution in [3.8, 4) is 0 Å². The molecule has 0 N–H and O–H groups in total. The molecule has 6 nitrogen and oxygen atoms in total. The molecule has 0 bridgehead atoms. The predicted octanol–water partition coefficient (Wildman–Crippen LogP) is 1.34. The molecule has 0 aliphatic carbocycles. The molecule has 1 aliphatic heterocycles. The molecule has 20 heavy (non-hydrogen) atoms. The Morgan fingerprint density at radius 1 is 1.25 bits per heavy atom. The SMILES string of the molecule is Cc1nccc(N2CCN(C(=O)c3ccco3)CC2)n1. The van der Waals surface area contributed by atoms with E-state index in [0.29, 0.717) is 18.8 Å². The van der Waals surface area contributed by atoms with Crippen molar-refractivity contribution < 1.29 is 9.21 Å². The number of amides is 1. The van der Waals surface area contributed by atoms with Crippen molar-refractivity contribution in [3.05, 3.63) is 42.2 Å². The Morgan fingerprint density at radius 2 is 2.05 bits per heavy atom. The number of nitrogens with zero attached hydrogens (tertiary/aromatic N) is 4. The van der Waals surface area contributed by atoms with E-state index in [1.54, 1.807) is 18.3 Å². The summed E-state index contributed by atoms with van der Waals surface area (Å²) in [7, 11) is 0. The minimum absolute atomic E-state index is 0.0477. The number of carbonyl (C=O) groups is 1. The summed E-state index contributed by atoms with van der Waals surface area (Å²) in [4.78, 5) is 24.6. The fourth-order valence-electron chi connectivity index (χ4n) is 2.31. The average molecular weight is 272 g/mol. The number of rotatable bonds is 2. The van der Waals surface area contributed by atoms with Gasteiger partial charge in [-0.25, -0.2) is 9.97 Å². The van der Waals surface area contributed by atoms with Gasteiger partial charge in [0.25, 0.3) is 5.91 Å². The second kappa shape index (κ2) is 5.32. The predicted molar refractivity (Wildman–Crippen MR) is 73.6 cm³/mol. The Labute approximate surface area is 117 Å². The van der Waals surface area contributed by atoms with Crippen molar-refractivity contribution in [1.29, 1.82) is 0 Å².